The Morgan fingerprint density at radius 3 is 0.962 bits per heavy atom. The van der Waals surface area contributed by atoms with Gasteiger partial charge < -0.3 is 14.4 Å². The summed E-state index contributed by atoms with van der Waals surface area (Å²) in [4.78, 5) is 4.59. The fourth-order valence-electron chi connectivity index (χ4n) is 7.24. The maximum Gasteiger partial charge on any atom is 0.0541 e. The summed E-state index contributed by atoms with van der Waals surface area (Å²) >= 11 is 0. The first-order valence-corrected chi connectivity index (χ1v) is 18.0. The summed E-state index contributed by atoms with van der Waals surface area (Å²) in [5.74, 6) is 0. The zero-order valence-electron chi connectivity index (χ0n) is 29.2. The van der Waals surface area contributed by atoms with E-state index in [2.05, 4.69) is 239 Å². The van der Waals surface area contributed by atoms with Gasteiger partial charge in [-0.3, -0.25) is 0 Å². The Kier molecular flexibility index (Phi) is 8.57. The van der Waals surface area contributed by atoms with Crippen LogP contribution in [0.5, 0.6) is 0 Å². The number of aromatic nitrogens is 1. The number of hydrogen-bond acceptors (Lipinski definition) is 2. The van der Waals surface area contributed by atoms with Gasteiger partial charge in [0.05, 0.1) is 11.0 Å². The minimum Gasteiger partial charge on any atom is -0.311 e. The lowest BCUT2D eigenvalue weighted by Crippen LogP contribution is -2.10. The number of rotatable bonds is 9. The first-order chi connectivity index (χ1) is 26.3. The molecule has 0 fully saturated rings. The molecular formula is C50H37N3. The summed E-state index contributed by atoms with van der Waals surface area (Å²) in [6.45, 7) is 0. The van der Waals surface area contributed by atoms with Crippen LogP contribution in [0, 0.1) is 0 Å². The van der Waals surface area contributed by atoms with E-state index in [-0.39, 0.29) is 0 Å². The third-order valence-electron chi connectivity index (χ3n) is 9.76. The van der Waals surface area contributed by atoms with Gasteiger partial charge in [0.25, 0.3) is 0 Å². The highest BCUT2D eigenvalue weighted by Gasteiger charge is 2.15. The van der Waals surface area contributed by atoms with Crippen LogP contribution in [0.25, 0.3) is 39.6 Å². The molecule has 0 aliphatic rings. The number of hydrogen-bond donors (Lipinski definition) is 0. The number of benzene rings is 8. The Morgan fingerprint density at radius 1 is 0.283 bits per heavy atom. The van der Waals surface area contributed by atoms with Gasteiger partial charge in [-0.15, -0.1) is 0 Å². The molecule has 0 saturated carbocycles. The molecule has 1 heterocycles. The molecule has 3 heteroatoms. The third kappa shape index (κ3) is 6.37. The Morgan fingerprint density at radius 2 is 0.585 bits per heavy atom. The predicted octanol–water partition coefficient (Wildman–Crippen LogP) is 13.9. The third-order valence-corrected chi connectivity index (χ3v) is 9.76. The molecule has 0 bridgehead atoms. The van der Waals surface area contributed by atoms with Crippen molar-refractivity contribution in [2.45, 2.75) is 0 Å². The number of fused-ring (bicyclic) bond motifs is 3. The molecule has 0 amide bonds. The van der Waals surface area contributed by atoms with Crippen LogP contribution in [-0.2, 0) is 0 Å². The van der Waals surface area contributed by atoms with E-state index in [1.165, 1.54) is 21.8 Å². The fourth-order valence-corrected chi connectivity index (χ4v) is 7.24. The summed E-state index contributed by atoms with van der Waals surface area (Å²) in [6.07, 6.45) is 4.36. The highest BCUT2D eigenvalue weighted by Crippen LogP contribution is 2.38. The van der Waals surface area contributed by atoms with E-state index in [4.69, 9.17) is 0 Å². The molecule has 8 aromatic carbocycles. The largest absolute Gasteiger partial charge is 0.311 e. The van der Waals surface area contributed by atoms with Crippen LogP contribution in [0.15, 0.2) is 212 Å². The van der Waals surface area contributed by atoms with Crippen molar-refractivity contribution < 1.29 is 0 Å². The van der Waals surface area contributed by atoms with Gasteiger partial charge in [-0.1, -0.05) is 127 Å². The highest BCUT2D eigenvalue weighted by atomic mass is 15.1. The van der Waals surface area contributed by atoms with Gasteiger partial charge in [-0.25, -0.2) is 0 Å². The summed E-state index contributed by atoms with van der Waals surface area (Å²) in [7, 11) is 0. The zero-order chi connectivity index (χ0) is 35.4. The van der Waals surface area contributed by atoms with Gasteiger partial charge in [-0.05, 0) is 108 Å². The smallest absolute Gasteiger partial charge is 0.0541 e. The SMILES string of the molecule is C(=C\c1ccc(N(c2ccccc2)c2ccc(-n3c4ccccc4c4ccccc43)cc2)cc1)/c1ccc(N(c2ccccc2)c2ccccc2)cc1. The van der Waals surface area contributed by atoms with Crippen molar-refractivity contribution in [3.05, 3.63) is 223 Å². The van der Waals surface area contributed by atoms with Gasteiger partial charge >= 0.3 is 0 Å². The van der Waals surface area contributed by atoms with E-state index in [1.54, 1.807) is 0 Å². The first-order valence-electron chi connectivity index (χ1n) is 18.0. The van der Waals surface area contributed by atoms with E-state index < -0.39 is 0 Å². The van der Waals surface area contributed by atoms with Gasteiger partial charge in [-0.2, -0.15) is 0 Å². The molecule has 0 aliphatic heterocycles. The topological polar surface area (TPSA) is 11.4 Å². The lowest BCUT2D eigenvalue weighted by molar-refractivity contribution is 1.17. The molecule has 0 N–H and O–H groups in total. The molecule has 53 heavy (non-hydrogen) atoms. The molecule has 0 spiro atoms. The molecule has 1 aromatic heterocycles. The van der Waals surface area contributed by atoms with Crippen molar-refractivity contribution >= 4 is 68.1 Å². The minimum atomic E-state index is 1.10. The normalized spacial score (nSPS) is 11.3. The molecule has 0 unspecified atom stereocenters. The molecule has 3 nitrogen and oxygen atoms in total. The Balaban J connectivity index is 0.982. The van der Waals surface area contributed by atoms with E-state index in [9.17, 15) is 0 Å². The molecule has 252 valence electrons. The van der Waals surface area contributed by atoms with Crippen molar-refractivity contribution in [2.75, 3.05) is 9.80 Å². The lowest BCUT2D eigenvalue weighted by atomic mass is 10.1. The van der Waals surface area contributed by atoms with Crippen LogP contribution in [0.3, 0.4) is 0 Å². The van der Waals surface area contributed by atoms with Crippen molar-refractivity contribution in [1.29, 1.82) is 0 Å². The highest BCUT2D eigenvalue weighted by molar-refractivity contribution is 6.09. The van der Waals surface area contributed by atoms with Crippen LogP contribution < -0.4 is 9.80 Å². The van der Waals surface area contributed by atoms with Crippen LogP contribution in [0.2, 0.25) is 0 Å². The average Bonchev–Trinajstić information content (AvgIpc) is 3.57. The van der Waals surface area contributed by atoms with E-state index in [0.717, 1.165) is 50.9 Å². The maximum atomic E-state index is 2.36. The van der Waals surface area contributed by atoms with E-state index >= 15 is 0 Å². The number of nitrogens with zero attached hydrogens (tertiary/aromatic N) is 3. The molecular weight excluding hydrogens is 643 g/mol. The van der Waals surface area contributed by atoms with Crippen molar-refractivity contribution in [2.24, 2.45) is 0 Å². The standard InChI is InChI=1S/C50H37N3/c1-4-14-40(15-5-1)51(41-16-6-2-7-17-41)43-30-26-38(27-31-43)24-25-39-28-32-44(33-29-39)52(42-18-8-3-9-19-42)45-34-36-46(37-35-45)53-49-22-12-10-20-47(49)48-21-11-13-23-50(48)53/h1-37H/b25-24+. The minimum absolute atomic E-state index is 1.10. The van der Waals surface area contributed by atoms with Crippen molar-refractivity contribution in [3.8, 4) is 5.69 Å². The van der Waals surface area contributed by atoms with Crippen LogP contribution >= 0.6 is 0 Å². The van der Waals surface area contributed by atoms with Crippen LogP contribution in [0.1, 0.15) is 11.1 Å². The van der Waals surface area contributed by atoms with Crippen molar-refractivity contribution in [3.63, 3.8) is 0 Å². The second kappa shape index (κ2) is 14.3. The van der Waals surface area contributed by atoms with Gasteiger partial charge in [0, 0.05) is 50.6 Å². The Hall–Kier alpha value is -7.10. The summed E-state index contributed by atoms with van der Waals surface area (Å²) in [5.41, 5.74) is 12.5. The van der Waals surface area contributed by atoms with Crippen molar-refractivity contribution in [1.82, 2.24) is 4.57 Å². The Bertz CT molecular complexity index is 2530. The van der Waals surface area contributed by atoms with Gasteiger partial charge in [0.1, 0.15) is 0 Å². The summed E-state index contributed by atoms with van der Waals surface area (Å²) in [6, 6.07) is 75.3. The summed E-state index contributed by atoms with van der Waals surface area (Å²) in [5, 5.41) is 2.53. The number of para-hydroxylation sites is 5. The second-order valence-electron chi connectivity index (χ2n) is 13.1. The van der Waals surface area contributed by atoms with Crippen LogP contribution in [0.4, 0.5) is 34.1 Å². The first kappa shape index (κ1) is 31.9. The van der Waals surface area contributed by atoms with Gasteiger partial charge in [0.2, 0.25) is 0 Å². The van der Waals surface area contributed by atoms with Crippen LogP contribution in [-0.4, -0.2) is 4.57 Å². The molecule has 0 atom stereocenters. The lowest BCUT2D eigenvalue weighted by Gasteiger charge is -2.26. The molecule has 0 aliphatic carbocycles. The molecule has 9 rings (SSSR count). The maximum absolute atomic E-state index is 2.36. The zero-order valence-corrected chi connectivity index (χ0v) is 29.2. The quantitative estimate of drug-likeness (QED) is 0.141. The monoisotopic (exact) mass is 679 g/mol. The van der Waals surface area contributed by atoms with E-state index in [1.807, 2.05) is 0 Å². The Labute approximate surface area is 310 Å². The molecule has 9 aromatic rings. The number of anilines is 6. The summed E-state index contributed by atoms with van der Waals surface area (Å²) < 4.78 is 2.36. The van der Waals surface area contributed by atoms with E-state index in [0.29, 0.717) is 0 Å². The predicted molar refractivity (Wildman–Crippen MR) is 226 cm³/mol. The molecule has 0 saturated heterocycles. The average molecular weight is 680 g/mol. The molecule has 0 radical (unpaired) electrons. The fraction of sp³-hybridized carbons (Fsp3) is 0. The van der Waals surface area contributed by atoms with Gasteiger partial charge in [0.15, 0.2) is 0 Å². The second-order valence-corrected chi connectivity index (χ2v) is 13.1.